The van der Waals surface area contributed by atoms with Crippen LogP contribution >= 0.6 is 15.9 Å². The minimum Gasteiger partial charge on any atom is -0.459 e. The molecule has 0 unspecified atom stereocenters. The Hall–Kier alpha value is -0.900. The molecule has 17 heavy (non-hydrogen) atoms. The summed E-state index contributed by atoms with van der Waals surface area (Å²) in [7, 11) is -3.17. The number of aromatic nitrogens is 1. The molecule has 1 saturated heterocycles. The molecule has 7 nitrogen and oxygen atoms in total. The number of nitrogens with two attached hydrogens (primary N) is 1. The number of rotatable bonds is 3. The molecule has 1 aromatic heterocycles. The standard InChI is InChI=1S/C8H11BrN4O3S/c9-7-3-6(10)4-11-8(7)16-5-13-1-2-17(14,15)12-13/h3-4,12H,1-2,5,10H2. The fourth-order valence-electron chi connectivity index (χ4n) is 1.29. The Labute approximate surface area is 107 Å². The van der Waals surface area contributed by atoms with Crippen LogP contribution in [-0.2, 0) is 10.0 Å². The summed E-state index contributed by atoms with van der Waals surface area (Å²) in [5.41, 5.74) is 6.05. The van der Waals surface area contributed by atoms with E-state index in [2.05, 4.69) is 25.7 Å². The summed E-state index contributed by atoms with van der Waals surface area (Å²) in [5, 5.41) is 1.46. The van der Waals surface area contributed by atoms with Gasteiger partial charge in [0.15, 0.2) is 6.73 Å². The average molecular weight is 323 g/mol. The maximum atomic E-state index is 11.1. The Balaban J connectivity index is 1.95. The van der Waals surface area contributed by atoms with Crippen molar-refractivity contribution in [3.05, 3.63) is 16.7 Å². The monoisotopic (exact) mass is 322 g/mol. The minimum absolute atomic E-state index is 0.0761. The smallest absolute Gasteiger partial charge is 0.229 e. The highest BCUT2D eigenvalue weighted by Gasteiger charge is 2.24. The van der Waals surface area contributed by atoms with E-state index in [9.17, 15) is 8.42 Å². The molecular formula is C8H11BrN4O3S. The maximum absolute atomic E-state index is 11.1. The Kier molecular flexibility index (Phi) is 3.52. The number of nitrogen functional groups attached to an aromatic ring is 1. The van der Waals surface area contributed by atoms with Crippen molar-refractivity contribution in [2.75, 3.05) is 24.8 Å². The molecule has 94 valence electrons. The van der Waals surface area contributed by atoms with E-state index in [4.69, 9.17) is 10.5 Å². The van der Waals surface area contributed by atoms with Crippen molar-refractivity contribution in [1.82, 2.24) is 14.8 Å². The van der Waals surface area contributed by atoms with Gasteiger partial charge >= 0.3 is 0 Å². The molecule has 0 amide bonds. The third kappa shape index (κ3) is 3.28. The second-order valence-corrected chi connectivity index (χ2v) is 6.18. The lowest BCUT2D eigenvalue weighted by Crippen LogP contribution is -2.36. The van der Waals surface area contributed by atoms with Crippen LogP contribution in [0, 0.1) is 0 Å². The van der Waals surface area contributed by atoms with Crippen LogP contribution in [0.5, 0.6) is 5.88 Å². The number of anilines is 1. The van der Waals surface area contributed by atoms with Crippen molar-refractivity contribution in [3.63, 3.8) is 0 Å². The Morgan fingerprint density at radius 3 is 3.00 bits per heavy atom. The summed E-state index contributed by atoms with van der Waals surface area (Å²) >= 11 is 3.25. The van der Waals surface area contributed by atoms with Gasteiger partial charge in [0.25, 0.3) is 0 Å². The third-order valence-electron chi connectivity index (χ3n) is 2.08. The highest BCUT2D eigenvalue weighted by Crippen LogP contribution is 2.23. The van der Waals surface area contributed by atoms with E-state index in [1.807, 2.05) is 0 Å². The van der Waals surface area contributed by atoms with Crippen LogP contribution in [-0.4, -0.2) is 37.4 Å². The highest BCUT2D eigenvalue weighted by molar-refractivity contribution is 9.10. The van der Waals surface area contributed by atoms with E-state index in [0.29, 0.717) is 22.6 Å². The van der Waals surface area contributed by atoms with Gasteiger partial charge in [-0.15, -0.1) is 4.83 Å². The topological polar surface area (TPSA) is 97.6 Å². The summed E-state index contributed by atoms with van der Waals surface area (Å²) in [4.78, 5) is 6.32. The Morgan fingerprint density at radius 1 is 1.65 bits per heavy atom. The molecular weight excluding hydrogens is 312 g/mol. The maximum Gasteiger partial charge on any atom is 0.229 e. The van der Waals surface area contributed by atoms with Gasteiger partial charge in [0, 0.05) is 6.54 Å². The zero-order valence-electron chi connectivity index (χ0n) is 8.76. The summed E-state index contributed by atoms with van der Waals surface area (Å²) in [6.45, 7) is 0.476. The number of halogens is 1. The first-order valence-electron chi connectivity index (χ1n) is 4.75. The quantitative estimate of drug-likeness (QED) is 0.807. The zero-order valence-corrected chi connectivity index (χ0v) is 11.2. The number of nitrogens with zero attached hydrogens (tertiary/aromatic N) is 2. The molecule has 1 aliphatic heterocycles. The normalized spacial score (nSPS) is 19.4. The number of ether oxygens (including phenoxy) is 1. The minimum atomic E-state index is -3.17. The van der Waals surface area contributed by atoms with Gasteiger partial charge in [-0.3, -0.25) is 0 Å². The van der Waals surface area contributed by atoms with Gasteiger partial charge in [-0.1, -0.05) is 0 Å². The second-order valence-electron chi connectivity index (χ2n) is 3.50. The number of nitrogens with one attached hydrogen (secondary N) is 1. The lowest BCUT2D eigenvalue weighted by molar-refractivity contribution is 0.118. The van der Waals surface area contributed by atoms with Crippen molar-refractivity contribution >= 4 is 31.6 Å². The summed E-state index contributed by atoms with van der Waals surface area (Å²) < 4.78 is 28.2. The van der Waals surface area contributed by atoms with Gasteiger partial charge in [-0.05, 0) is 22.0 Å². The largest absolute Gasteiger partial charge is 0.459 e. The van der Waals surface area contributed by atoms with Gasteiger partial charge in [0.1, 0.15) is 0 Å². The SMILES string of the molecule is Nc1cnc(OCN2CCS(=O)(=O)N2)c(Br)c1. The van der Waals surface area contributed by atoms with Crippen molar-refractivity contribution in [2.45, 2.75) is 0 Å². The molecule has 1 aliphatic rings. The number of sulfonamides is 1. The summed E-state index contributed by atoms with van der Waals surface area (Å²) in [6.07, 6.45) is 1.47. The van der Waals surface area contributed by atoms with Gasteiger partial charge in [-0.2, -0.15) is 5.01 Å². The molecule has 0 bridgehead atoms. The molecule has 3 N–H and O–H groups in total. The second kappa shape index (κ2) is 4.77. The van der Waals surface area contributed by atoms with Gasteiger partial charge in [0.05, 0.1) is 22.1 Å². The van der Waals surface area contributed by atoms with Crippen LogP contribution in [0.15, 0.2) is 16.7 Å². The van der Waals surface area contributed by atoms with E-state index >= 15 is 0 Å². The predicted octanol–water partition coefficient (Wildman–Crippen LogP) is -0.0874. The fraction of sp³-hybridized carbons (Fsp3) is 0.375. The first-order valence-corrected chi connectivity index (χ1v) is 7.20. The number of pyridine rings is 1. The molecule has 0 aromatic carbocycles. The van der Waals surface area contributed by atoms with Crippen molar-refractivity contribution in [1.29, 1.82) is 0 Å². The molecule has 0 saturated carbocycles. The average Bonchev–Trinajstić information content (AvgIpc) is 2.57. The number of hydrogen-bond acceptors (Lipinski definition) is 6. The fourth-order valence-corrected chi connectivity index (χ4v) is 2.87. The van der Waals surface area contributed by atoms with Crippen LogP contribution < -0.4 is 15.3 Å². The van der Waals surface area contributed by atoms with Crippen LogP contribution in [0.3, 0.4) is 0 Å². The lowest BCUT2D eigenvalue weighted by atomic mass is 10.4. The molecule has 0 atom stereocenters. The Morgan fingerprint density at radius 2 is 2.41 bits per heavy atom. The van der Waals surface area contributed by atoms with E-state index in [1.165, 1.54) is 11.2 Å². The van der Waals surface area contributed by atoms with Gasteiger partial charge < -0.3 is 10.5 Å². The van der Waals surface area contributed by atoms with Crippen LogP contribution in [0.4, 0.5) is 5.69 Å². The molecule has 0 aliphatic carbocycles. The first kappa shape index (κ1) is 12.6. The van der Waals surface area contributed by atoms with Gasteiger partial charge in [-0.25, -0.2) is 13.4 Å². The molecule has 2 rings (SSSR count). The van der Waals surface area contributed by atoms with E-state index < -0.39 is 10.0 Å². The molecule has 9 heteroatoms. The molecule has 1 aromatic rings. The van der Waals surface area contributed by atoms with Crippen molar-refractivity contribution in [2.24, 2.45) is 0 Å². The van der Waals surface area contributed by atoms with Crippen molar-refractivity contribution in [3.8, 4) is 5.88 Å². The van der Waals surface area contributed by atoms with E-state index in [-0.39, 0.29) is 12.5 Å². The van der Waals surface area contributed by atoms with E-state index in [0.717, 1.165) is 0 Å². The van der Waals surface area contributed by atoms with E-state index in [1.54, 1.807) is 6.07 Å². The highest BCUT2D eigenvalue weighted by atomic mass is 79.9. The summed E-state index contributed by atoms with van der Waals surface area (Å²) in [5.74, 6) is 0.442. The lowest BCUT2D eigenvalue weighted by Gasteiger charge is -2.14. The molecule has 2 heterocycles. The predicted molar refractivity (Wildman–Crippen MR) is 65.5 cm³/mol. The van der Waals surface area contributed by atoms with Crippen LogP contribution in [0.1, 0.15) is 0 Å². The summed E-state index contributed by atoms with van der Waals surface area (Å²) in [6, 6.07) is 1.66. The third-order valence-corrected chi connectivity index (χ3v) is 3.91. The van der Waals surface area contributed by atoms with Crippen LogP contribution in [0.25, 0.3) is 0 Å². The first-order chi connectivity index (χ1) is 7.96. The van der Waals surface area contributed by atoms with Crippen LogP contribution in [0.2, 0.25) is 0 Å². The number of hydrazine groups is 1. The number of hydrogen-bond donors (Lipinski definition) is 2. The molecule has 1 fully saturated rings. The Bertz CT molecular complexity index is 522. The molecule has 0 spiro atoms. The van der Waals surface area contributed by atoms with Crippen molar-refractivity contribution < 1.29 is 13.2 Å². The zero-order chi connectivity index (χ0) is 12.5. The molecule has 0 radical (unpaired) electrons. The van der Waals surface area contributed by atoms with Gasteiger partial charge in [0.2, 0.25) is 15.9 Å².